The number of aromatic carboxylic acids is 1. The monoisotopic (exact) mass is 297 g/mol. The lowest BCUT2D eigenvalue weighted by Gasteiger charge is -2.07. The minimum absolute atomic E-state index is 0.0732. The third-order valence-electron chi connectivity index (χ3n) is 2.61. The number of thioether (sulfide) groups is 1. The Balaban J connectivity index is 2.34. The summed E-state index contributed by atoms with van der Waals surface area (Å²) < 4.78 is 0. The first-order chi connectivity index (χ1) is 9.65. The van der Waals surface area contributed by atoms with E-state index in [1.54, 1.807) is 30.0 Å². The molecule has 0 saturated heterocycles. The van der Waals surface area contributed by atoms with Crippen molar-refractivity contribution in [3.05, 3.63) is 35.4 Å². The molecule has 0 bridgehead atoms. The van der Waals surface area contributed by atoms with Crippen molar-refractivity contribution in [2.24, 2.45) is 0 Å². The Hall–Kier alpha value is -1.53. The molecule has 20 heavy (non-hydrogen) atoms. The number of aliphatic hydroxyl groups is 1. The van der Waals surface area contributed by atoms with Gasteiger partial charge in [-0.3, -0.25) is 4.79 Å². The van der Waals surface area contributed by atoms with Gasteiger partial charge in [-0.15, -0.1) is 0 Å². The molecular formula is C14H19NO4S. The summed E-state index contributed by atoms with van der Waals surface area (Å²) in [4.78, 5) is 22.7. The Kier molecular flexibility index (Phi) is 7.75. The van der Waals surface area contributed by atoms with E-state index in [0.29, 0.717) is 12.1 Å². The highest BCUT2D eigenvalue weighted by atomic mass is 32.2. The van der Waals surface area contributed by atoms with Gasteiger partial charge in [0.2, 0.25) is 5.91 Å². The average molecular weight is 297 g/mol. The molecule has 1 rings (SSSR count). The number of carbonyl (C=O) groups excluding carboxylic acids is 1. The minimum Gasteiger partial charge on any atom is -0.478 e. The van der Waals surface area contributed by atoms with E-state index in [2.05, 4.69) is 5.32 Å². The van der Waals surface area contributed by atoms with Crippen molar-refractivity contribution in [1.29, 1.82) is 0 Å². The second-order valence-corrected chi connectivity index (χ2v) is 5.40. The number of carboxylic acid groups (broad SMARTS) is 1. The summed E-state index contributed by atoms with van der Waals surface area (Å²) in [6, 6.07) is 6.51. The molecule has 0 heterocycles. The van der Waals surface area contributed by atoms with Crippen LogP contribution >= 0.6 is 11.8 Å². The van der Waals surface area contributed by atoms with Gasteiger partial charge in [0, 0.05) is 18.9 Å². The van der Waals surface area contributed by atoms with E-state index in [1.165, 1.54) is 6.07 Å². The fourth-order valence-corrected chi connectivity index (χ4v) is 2.43. The summed E-state index contributed by atoms with van der Waals surface area (Å²) in [6.45, 7) is 0.732. The van der Waals surface area contributed by atoms with Gasteiger partial charge in [-0.1, -0.05) is 18.2 Å². The van der Waals surface area contributed by atoms with E-state index in [0.717, 1.165) is 17.9 Å². The lowest BCUT2D eigenvalue weighted by molar-refractivity contribution is -0.120. The number of hydrogen-bond donors (Lipinski definition) is 3. The molecule has 0 aliphatic rings. The van der Waals surface area contributed by atoms with E-state index in [4.69, 9.17) is 10.2 Å². The molecule has 0 unspecified atom stereocenters. The van der Waals surface area contributed by atoms with Crippen molar-refractivity contribution in [3.63, 3.8) is 0 Å². The van der Waals surface area contributed by atoms with Crippen LogP contribution in [0.2, 0.25) is 0 Å². The normalized spacial score (nSPS) is 10.2. The zero-order valence-electron chi connectivity index (χ0n) is 11.2. The van der Waals surface area contributed by atoms with E-state index in [-0.39, 0.29) is 24.5 Å². The average Bonchev–Trinajstić information content (AvgIpc) is 2.43. The number of aliphatic hydroxyl groups excluding tert-OH is 1. The summed E-state index contributed by atoms with van der Waals surface area (Å²) in [5.74, 6) is 0.454. The summed E-state index contributed by atoms with van der Waals surface area (Å²) in [7, 11) is 0. The fraction of sp³-hybridized carbons (Fsp3) is 0.429. The van der Waals surface area contributed by atoms with Gasteiger partial charge in [0.15, 0.2) is 0 Å². The molecule has 1 aromatic rings. The molecule has 0 radical (unpaired) electrons. The van der Waals surface area contributed by atoms with E-state index in [9.17, 15) is 9.59 Å². The maximum Gasteiger partial charge on any atom is 0.335 e. The van der Waals surface area contributed by atoms with E-state index in [1.807, 2.05) is 0 Å². The highest BCUT2D eigenvalue weighted by Gasteiger charge is 2.11. The molecule has 0 aromatic heterocycles. The molecule has 0 saturated carbocycles. The van der Waals surface area contributed by atoms with Gasteiger partial charge in [-0.05, 0) is 23.8 Å². The number of amides is 1. The molecule has 0 aliphatic heterocycles. The molecule has 0 atom stereocenters. The second-order valence-electron chi connectivity index (χ2n) is 4.18. The van der Waals surface area contributed by atoms with E-state index >= 15 is 0 Å². The predicted octanol–water partition coefficient (Wildman–Crippen LogP) is 1.16. The Morgan fingerprint density at radius 2 is 1.95 bits per heavy atom. The topological polar surface area (TPSA) is 86.6 Å². The van der Waals surface area contributed by atoms with Crippen LogP contribution < -0.4 is 5.32 Å². The minimum atomic E-state index is -1.02. The van der Waals surface area contributed by atoms with Gasteiger partial charge in [0.1, 0.15) is 0 Å². The predicted molar refractivity (Wildman–Crippen MR) is 79.1 cm³/mol. The third-order valence-corrected chi connectivity index (χ3v) is 3.68. The van der Waals surface area contributed by atoms with Gasteiger partial charge < -0.3 is 15.5 Å². The summed E-state index contributed by atoms with van der Waals surface area (Å²) >= 11 is 1.67. The van der Waals surface area contributed by atoms with Crippen LogP contribution in [0.5, 0.6) is 0 Å². The lowest BCUT2D eigenvalue weighted by atomic mass is 10.0. The van der Waals surface area contributed by atoms with Crippen molar-refractivity contribution in [2.75, 3.05) is 24.7 Å². The molecule has 0 aliphatic carbocycles. The molecule has 5 nitrogen and oxygen atoms in total. The second kappa shape index (κ2) is 9.39. The first kappa shape index (κ1) is 16.5. The van der Waals surface area contributed by atoms with Crippen LogP contribution in [-0.2, 0) is 11.2 Å². The summed E-state index contributed by atoms with van der Waals surface area (Å²) in [5, 5.41) is 20.4. The van der Waals surface area contributed by atoms with Crippen LogP contribution in [0, 0.1) is 0 Å². The molecule has 3 N–H and O–H groups in total. The molecule has 1 amide bonds. The zero-order valence-corrected chi connectivity index (χ0v) is 12.0. The lowest BCUT2D eigenvalue weighted by Crippen LogP contribution is -2.28. The number of hydrogen-bond acceptors (Lipinski definition) is 4. The number of nitrogens with one attached hydrogen (secondary N) is 1. The van der Waals surface area contributed by atoms with Gasteiger partial charge in [0.25, 0.3) is 0 Å². The van der Waals surface area contributed by atoms with Gasteiger partial charge in [-0.25, -0.2) is 4.79 Å². The van der Waals surface area contributed by atoms with Crippen molar-refractivity contribution in [2.45, 2.75) is 12.8 Å². The highest BCUT2D eigenvalue weighted by molar-refractivity contribution is 7.99. The van der Waals surface area contributed by atoms with Crippen molar-refractivity contribution >= 4 is 23.6 Å². The van der Waals surface area contributed by atoms with Crippen molar-refractivity contribution in [1.82, 2.24) is 5.32 Å². The molecular weight excluding hydrogens is 278 g/mol. The van der Waals surface area contributed by atoms with Gasteiger partial charge >= 0.3 is 5.97 Å². The summed E-state index contributed by atoms with van der Waals surface area (Å²) in [5.41, 5.74) is 0.686. The molecule has 6 heteroatoms. The largest absolute Gasteiger partial charge is 0.478 e. The zero-order chi connectivity index (χ0) is 14.8. The smallest absolute Gasteiger partial charge is 0.335 e. The third kappa shape index (κ3) is 6.08. The van der Waals surface area contributed by atoms with Crippen LogP contribution in [0.4, 0.5) is 0 Å². The van der Waals surface area contributed by atoms with Gasteiger partial charge in [-0.2, -0.15) is 11.8 Å². The van der Waals surface area contributed by atoms with Crippen molar-refractivity contribution in [3.8, 4) is 0 Å². The maximum absolute atomic E-state index is 11.7. The van der Waals surface area contributed by atoms with Crippen LogP contribution in [0.25, 0.3) is 0 Å². The quantitative estimate of drug-likeness (QED) is 0.595. The Bertz CT molecular complexity index is 451. The number of carboxylic acids is 1. The first-order valence-electron chi connectivity index (χ1n) is 6.41. The Morgan fingerprint density at radius 3 is 2.65 bits per heavy atom. The number of carbonyl (C=O) groups is 2. The first-order valence-corrected chi connectivity index (χ1v) is 7.57. The van der Waals surface area contributed by atoms with Gasteiger partial charge in [0.05, 0.1) is 12.0 Å². The molecule has 110 valence electrons. The highest BCUT2D eigenvalue weighted by Crippen LogP contribution is 2.09. The SMILES string of the molecule is O=C(Cc1ccccc1C(=O)O)NCCSCCCO. The number of benzene rings is 1. The van der Waals surface area contributed by atoms with Crippen molar-refractivity contribution < 1.29 is 19.8 Å². The van der Waals surface area contributed by atoms with Crippen LogP contribution in [-0.4, -0.2) is 46.7 Å². The fourth-order valence-electron chi connectivity index (χ4n) is 1.65. The summed E-state index contributed by atoms with van der Waals surface area (Å²) in [6.07, 6.45) is 0.828. The Morgan fingerprint density at radius 1 is 1.20 bits per heavy atom. The molecule has 0 fully saturated rings. The maximum atomic E-state index is 11.7. The van der Waals surface area contributed by atoms with Crippen LogP contribution in [0.15, 0.2) is 24.3 Å². The molecule has 0 spiro atoms. The van der Waals surface area contributed by atoms with Crippen LogP contribution in [0.3, 0.4) is 0 Å². The number of rotatable bonds is 9. The van der Waals surface area contributed by atoms with E-state index < -0.39 is 5.97 Å². The molecule has 1 aromatic carbocycles. The Labute approximate surface area is 122 Å². The van der Waals surface area contributed by atoms with Crippen LogP contribution in [0.1, 0.15) is 22.3 Å². The standard InChI is InChI=1S/C14H19NO4S/c16-7-3-8-20-9-6-15-13(17)10-11-4-1-2-5-12(11)14(18)19/h1-2,4-5,16H,3,6-10H2,(H,15,17)(H,18,19).